The van der Waals surface area contributed by atoms with Gasteiger partial charge in [0, 0.05) is 4.88 Å². The number of nitrogens with one attached hydrogen (secondary N) is 1. The predicted molar refractivity (Wildman–Crippen MR) is 66.5 cm³/mol. The summed E-state index contributed by atoms with van der Waals surface area (Å²) in [6.45, 7) is -1.01. The van der Waals surface area contributed by atoms with Gasteiger partial charge in [-0.2, -0.15) is 13.2 Å². The van der Waals surface area contributed by atoms with E-state index < -0.39 is 37.3 Å². The van der Waals surface area contributed by atoms with Crippen LogP contribution in [-0.4, -0.2) is 41.3 Å². The number of hydrogen-bond acceptors (Lipinski definition) is 3. The fraction of sp³-hybridized carbons (Fsp3) is 0.455. The van der Waals surface area contributed by atoms with Crippen molar-refractivity contribution >= 4 is 23.3 Å². The molecule has 1 heterocycles. The number of hydrogen-bond donors (Lipinski definition) is 2. The third kappa shape index (κ3) is 5.47. The minimum atomic E-state index is -4.65. The van der Waals surface area contributed by atoms with Crippen molar-refractivity contribution in [2.45, 2.75) is 19.1 Å². The number of alkyl halides is 3. The lowest BCUT2D eigenvalue weighted by Crippen LogP contribution is -2.47. The molecule has 0 saturated carbocycles. The molecule has 0 fully saturated rings. The first-order valence-electron chi connectivity index (χ1n) is 5.56. The summed E-state index contributed by atoms with van der Waals surface area (Å²) in [6.07, 6.45) is -4.65. The van der Waals surface area contributed by atoms with E-state index in [0.29, 0.717) is 0 Å². The summed E-state index contributed by atoms with van der Waals surface area (Å²) < 4.78 is 36.9. The molecule has 0 aliphatic carbocycles. The molecular weight excluding hydrogens is 297 g/mol. The maximum Gasteiger partial charge on any atom is 0.406 e. The Balaban J connectivity index is 2.70. The first-order valence-corrected chi connectivity index (χ1v) is 6.44. The Hall–Kier alpha value is -1.77. The number of carbonyl (C=O) groups is 2. The van der Waals surface area contributed by atoms with Crippen molar-refractivity contribution in [1.82, 2.24) is 10.2 Å². The number of halogens is 3. The Morgan fingerprint density at radius 3 is 2.60 bits per heavy atom. The monoisotopic (exact) mass is 310 g/mol. The number of nitrogens with zero attached hydrogens (tertiary/aromatic N) is 1. The number of thiophene rings is 1. The van der Waals surface area contributed by atoms with Gasteiger partial charge in [-0.3, -0.25) is 4.79 Å². The van der Waals surface area contributed by atoms with E-state index in [2.05, 4.69) is 5.32 Å². The Bertz CT molecular complexity index is 462. The molecule has 0 aromatic carbocycles. The van der Waals surface area contributed by atoms with E-state index in [-0.39, 0.29) is 4.90 Å². The van der Waals surface area contributed by atoms with Gasteiger partial charge in [-0.05, 0) is 18.4 Å². The highest BCUT2D eigenvalue weighted by atomic mass is 32.1. The molecule has 1 aromatic rings. The second-order valence-corrected chi connectivity index (χ2v) is 5.03. The molecule has 5 nitrogen and oxygen atoms in total. The summed E-state index contributed by atoms with van der Waals surface area (Å²) >= 11 is 1.34. The normalized spacial score (nSPS) is 12.8. The van der Waals surface area contributed by atoms with Crippen LogP contribution in [0.2, 0.25) is 0 Å². The fourth-order valence-corrected chi connectivity index (χ4v) is 2.20. The number of carbonyl (C=O) groups excluding carboxylic acids is 1. The van der Waals surface area contributed by atoms with Crippen LogP contribution in [0.4, 0.5) is 18.0 Å². The third-order valence-electron chi connectivity index (χ3n) is 2.29. The lowest BCUT2D eigenvalue weighted by molar-refractivity contribution is -0.149. The predicted octanol–water partition coefficient (Wildman–Crippen LogP) is 2.47. The third-order valence-corrected chi connectivity index (χ3v) is 3.35. The van der Waals surface area contributed by atoms with E-state index >= 15 is 0 Å². The van der Waals surface area contributed by atoms with E-state index in [1.165, 1.54) is 11.3 Å². The first kappa shape index (κ1) is 16.3. The van der Waals surface area contributed by atoms with Crippen LogP contribution in [0.3, 0.4) is 0 Å². The SMILES string of the molecule is CC(NC(=O)N(CC(=O)O)CC(F)(F)F)c1cccs1. The second-order valence-electron chi connectivity index (χ2n) is 4.05. The minimum Gasteiger partial charge on any atom is -0.480 e. The maximum atomic E-state index is 12.3. The minimum absolute atomic E-state index is 0.215. The van der Waals surface area contributed by atoms with Crippen LogP contribution in [0.15, 0.2) is 17.5 Å². The standard InChI is InChI=1S/C11H13F3N2O3S/c1-7(8-3-2-4-20-8)15-10(19)16(5-9(17)18)6-11(12,13)14/h2-4,7H,5-6H2,1H3,(H,15,19)(H,17,18). The number of carboxylic acids is 1. The van der Waals surface area contributed by atoms with Crippen LogP contribution in [-0.2, 0) is 4.79 Å². The zero-order valence-corrected chi connectivity index (χ0v) is 11.3. The summed E-state index contributed by atoms with van der Waals surface area (Å²) in [5.41, 5.74) is 0. The van der Waals surface area contributed by atoms with Crippen molar-refractivity contribution in [2.24, 2.45) is 0 Å². The molecule has 9 heteroatoms. The average Bonchev–Trinajstić information content (AvgIpc) is 2.78. The van der Waals surface area contributed by atoms with Crippen molar-refractivity contribution < 1.29 is 27.9 Å². The van der Waals surface area contributed by atoms with Crippen molar-refractivity contribution in [3.05, 3.63) is 22.4 Å². The molecule has 0 radical (unpaired) electrons. The Kier molecular flexibility index (Phi) is 5.37. The molecule has 0 spiro atoms. The van der Waals surface area contributed by atoms with Crippen LogP contribution in [0, 0.1) is 0 Å². The van der Waals surface area contributed by atoms with Crippen LogP contribution >= 0.6 is 11.3 Å². The Morgan fingerprint density at radius 1 is 1.50 bits per heavy atom. The Labute approximate surface area is 117 Å². The molecule has 1 rings (SSSR count). The molecule has 20 heavy (non-hydrogen) atoms. The molecule has 112 valence electrons. The van der Waals surface area contributed by atoms with Crippen LogP contribution in [0.1, 0.15) is 17.8 Å². The number of urea groups is 1. The highest BCUT2D eigenvalue weighted by molar-refractivity contribution is 7.10. The second kappa shape index (κ2) is 6.60. The molecule has 0 bridgehead atoms. The summed E-state index contributed by atoms with van der Waals surface area (Å²) in [7, 11) is 0. The van der Waals surface area contributed by atoms with Crippen LogP contribution < -0.4 is 5.32 Å². The maximum absolute atomic E-state index is 12.3. The number of amides is 2. The van der Waals surface area contributed by atoms with E-state index in [9.17, 15) is 22.8 Å². The molecular formula is C11H13F3N2O3S. The highest BCUT2D eigenvalue weighted by Gasteiger charge is 2.34. The van der Waals surface area contributed by atoms with E-state index in [0.717, 1.165) is 4.88 Å². The summed E-state index contributed by atoms with van der Waals surface area (Å²) in [6, 6.07) is 1.91. The number of rotatable bonds is 5. The van der Waals surface area contributed by atoms with Crippen molar-refractivity contribution in [1.29, 1.82) is 0 Å². The van der Waals surface area contributed by atoms with Gasteiger partial charge in [0.05, 0.1) is 6.04 Å². The lowest BCUT2D eigenvalue weighted by atomic mass is 10.3. The van der Waals surface area contributed by atoms with Gasteiger partial charge in [-0.25, -0.2) is 4.79 Å². The average molecular weight is 310 g/mol. The fourth-order valence-electron chi connectivity index (χ4n) is 1.46. The van der Waals surface area contributed by atoms with Gasteiger partial charge in [0.25, 0.3) is 0 Å². The summed E-state index contributed by atoms with van der Waals surface area (Å²) in [4.78, 5) is 23.2. The van der Waals surface area contributed by atoms with E-state index in [1.807, 2.05) is 0 Å². The summed E-state index contributed by atoms with van der Waals surface area (Å²) in [5, 5.41) is 12.7. The molecule has 2 N–H and O–H groups in total. The van der Waals surface area contributed by atoms with Gasteiger partial charge in [0.15, 0.2) is 0 Å². The van der Waals surface area contributed by atoms with Gasteiger partial charge < -0.3 is 15.3 Å². The molecule has 1 aromatic heterocycles. The summed E-state index contributed by atoms with van der Waals surface area (Å²) in [5.74, 6) is -1.51. The largest absolute Gasteiger partial charge is 0.480 e. The lowest BCUT2D eigenvalue weighted by Gasteiger charge is -2.24. The molecule has 2 amide bonds. The van der Waals surface area contributed by atoms with E-state index in [1.54, 1.807) is 24.4 Å². The van der Waals surface area contributed by atoms with Crippen molar-refractivity contribution in [2.75, 3.05) is 13.1 Å². The van der Waals surface area contributed by atoms with Gasteiger partial charge >= 0.3 is 18.2 Å². The van der Waals surface area contributed by atoms with Crippen molar-refractivity contribution in [3.63, 3.8) is 0 Å². The van der Waals surface area contributed by atoms with Crippen LogP contribution in [0.25, 0.3) is 0 Å². The highest BCUT2D eigenvalue weighted by Crippen LogP contribution is 2.20. The van der Waals surface area contributed by atoms with Crippen LogP contribution in [0.5, 0.6) is 0 Å². The zero-order valence-electron chi connectivity index (χ0n) is 10.5. The quantitative estimate of drug-likeness (QED) is 0.878. The molecule has 1 unspecified atom stereocenters. The number of carboxylic acid groups (broad SMARTS) is 1. The first-order chi connectivity index (χ1) is 9.19. The van der Waals surface area contributed by atoms with Gasteiger partial charge in [0.2, 0.25) is 0 Å². The smallest absolute Gasteiger partial charge is 0.406 e. The van der Waals surface area contributed by atoms with Gasteiger partial charge in [-0.15, -0.1) is 11.3 Å². The van der Waals surface area contributed by atoms with Gasteiger partial charge in [0.1, 0.15) is 13.1 Å². The number of aliphatic carboxylic acids is 1. The van der Waals surface area contributed by atoms with Crippen molar-refractivity contribution in [3.8, 4) is 0 Å². The molecule has 0 saturated heterocycles. The topological polar surface area (TPSA) is 69.6 Å². The Morgan fingerprint density at radius 2 is 2.15 bits per heavy atom. The van der Waals surface area contributed by atoms with Gasteiger partial charge in [-0.1, -0.05) is 6.07 Å². The molecule has 1 atom stereocenters. The molecule has 0 aliphatic heterocycles. The van der Waals surface area contributed by atoms with E-state index in [4.69, 9.17) is 5.11 Å². The zero-order chi connectivity index (χ0) is 15.3. The molecule has 0 aliphatic rings.